The Balaban J connectivity index is 1.87. The van der Waals surface area contributed by atoms with E-state index in [0.717, 1.165) is 5.56 Å². The van der Waals surface area contributed by atoms with Crippen molar-refractivity contribution in [2.45, 2.75) is 6.92 Å². The largest absolute Gasteiger partial charge is 0.338 e. The monoisotopic (exact) mass is 348 g/mol. The lowest BCUT2D eigenvalue weighted by Gasteiger charge is -2.05. The quantitative estimate of drug-likeness (QED) is 0.773. The Morgan fingerprint density at radius 3 is 2.65 bits per heavy atom. The van der Waals surface area contributed by atoms with Crippen LogP contribution in [0.4, 0.5) is 5.88 Å². The van der Waals surface area contributed by atoms with Gasteiger partial charge in [-0.05, 0) is 25.1 Å². The first kappa shape index (κ1) is 15.5. The van der Waals surface area contributed by atoms with Crippen LogP contribution in [-0.4, -0.2) is 21.0 Å². The van der Waals surface area contributed by atoms with Crippen molar-refractivity contribution >= 4 is 35.0 Å². The van der Waals surface area contributed by atoms with Crippen molar-refractivity contribution in [3.8, 4) is 11.3 Å². The second kappa shape index (κ2) is 6.36. The van der Waals surface area contributed by atoms with E-state index in [1.807, 2.05) is 0 Å². The van der Waals surface area contributed by atoms with Crippen LogP contribution in [0, 0.1) is 6.92 Å². The first-order chi connectivity index (χ1) is 11.0. The maximum absolute atomic E-state index is 12.2. The zero-order valence-electron chi connectivity index (χ0n) is 11.9. The van der Waals surface area contributed by atoms with Crippen LogP contribution in [-0.2, 0) is 0 Å². The summed E-state index contributed by atoms with van der Waals surface area (Å²) in [6, 6.07) is 8.27. The van der Waals surface area contributed by atoms with Crippen molar-refractivity contribution in [2.75, 3.05) is 5.32 Å². The molecule has 0 unspecified atom stereocenters. The summed E-state index contributed by atoms with van der Waals surface area (Å²) in [6.07, 6.45) is 1.30. The van der Waals surface area contributed by atoms with Gasteiger partial charge in [0, 0.05) is 11.6 Å². The van der Waals surface area contributed by atoms with Crippen LogP contribution >= 0.6 is 23.2 Å². The van der Waals surface area contributed by atoms with E-state index in [9.17, 15) is 4.79 Å². The third-order valence-electron chi connectivity index (χ3n) is 2.98. The fourth-order valence-electron chi connectivity index (χ4n) is 1.89. The van der Waals surface area contributed by atoms with Gasteiger partial charge in [-0.25, -0.2) is 9.97 Å². The van der Waals surface area contributed by atoms with Crippen molar-refractivity contribution in [3.63, 3.8) is 0 Å². The molecule has 0 atom stereocenters. The molecular weight excluding hydrogens is 339 g/mol. The average Bonchev–Trinajstić information content (AvgIpc) is 2.95. The van der Waals surface area contributed by atoms with Crippen molar-refractivity contribution in [2.24, 2.45) is 0 Å². The molecule has 3 aromatic rings. The molecule has 0 saturated heterocycles. The number of anilines is 1. The number of aromatic nitrogens is 3. The van der Waals surface area contributed by atoms with Crippen LogP contribution in [0.5, 0.6) is 0 Å². The van der Waals surface area contributed by atoms with E-state index < -0.39 is 5.91 Å². The second-order valence-corrected chi connectivity index (χ2v) is 5.52. The summed E-state index contributed by atoms with van der Waals surface area (Å²) in [4.78, 5) is 20.3. The summed E-state index contributed by atoms with van der Waals surface area (Å²) in [5.41, 5.74) is 2.14. The van der Waals surface area contributed by atoms with Gasteiger partial charge in [-0.2, -0.15) is 0 Å². The molecule has 3 rings (SSSR count). The molecule has 1 aromatic carbocycles. The van der Waals surface area contributed by atoms with Crippen LogP contribution < -0.4 is 5.32 Å². The molecule has 0 fully saturated rings. The Labute approximate surface area is 141 Å². The highest BCUT2D eigenvalue weighted by Crippen LogP contribution is 2.27. The Morgan fingerprint density at radius 2 is 1.96 bits per heavy atom. The fraction of sp³-hybridized carbons (Fsp3) is 0.0667. The fourth-order valence-corrected chi connectivity index (χ4v) is 2.19. The number of hydrogen-bond donors (Lipinski definition) is 1. The molecule has 116 valence electrons. The Morgan fingerprint density at radius 1 is 1.13 bits per heavy atom. The summed E-state index contributed by atoms with van der Waals surface area (Å²) in [5.74, 6) is -0.174. The minimum absolute atomic E-state index is 0.190. The van der Waals surface area contributed by atoms with Gasteiger partial charge in [0.1, 0.15) is 12.0 Å². The van der Waals surface area contributed by atoms with Crippen LogP contribution in [0.1, 0.15) is 16.2 Å². The lowest BCUT2D eigenvalue weighted by atomic mass is 10.1. The number of aryl methyl sites for hydroxylation is 1. The number of nitrogens with one attached hydrogen (secondary N) is 1. The lowest BCUT2D eigenvalue weighted by molar-refractivity contribution is 0.101. The van der Waals surface area contributed by atoms with Crippen LogP contribution in [0.15, 0.2) is 41.2 Å². The normalized spacial score (nSPS) is 10.6. The third kappa shape index (κ3) is 3.49. The van der Waals surface area contributed by atoms with Gasteiger partial charge < -0.3 is 4.52 Å². The average molecular weight is 349 g/mol. The maximum atomic E-state index is 12.2. The predicted molar refractivity (Wildman–Crippen MR) is 86.7 cm³/mol. The summed E-state index contributed by atoms with van der Waals surface area (Å²) >= 11 is 11.9. The first-order valence-corrected chi connectivity index (χ1v) is 7.30. The highest BCUT2D eigenvalue weighted by Gasteiger charge is 2.13. The number of amides is 1. The molecule has 0 aliphatic heterocycles. The van der Waals surface area contributed by atoms with Gasteiger partial charge in [-0.15, -0.1) is 0 Å². The van der Waals surface area contributed by atoms with Gasteiger partial charge in [-0.3, -0.25) is 10.1 Å². The maximum Gasteiger partial charge on any atom is 0.276 e. The van der Waals surface area contributed by atoms with E-state index >= 15 is 0 Å². The summed E-state index contributed by atoms with van der Waals surface area (Å²) in [6.45, 7) is 1.76. The van der Waals surface area contributed by atoms with Gasteiger partial charge >= 0.3 is 0 Å². The highest BCUT2D eigenvalue weighted by atomic mass is 35.5. The minimum Gasteiger partial charge on any atom is -0.338 e. The molecule has 0 bridgehead atoms. The highest BCUT2D eigenvalue weighted by molar-refractivity contribution is 6.42. The van der Waals surface area contributed by atoms with Crippen LogP contribution in [0.25, 0.3) is 11.3 Å². The molecule has 2 aromatic heterocycles. The van der Waals surface area contributed by atoms with Gasteiger partial charge in [0.05, 0.1) is 21.4 Å². The number of benzene rings is 1. The molecule has 0 saturated carbocycles. The van der Waals surface area contributed by atoms with Crippen molar-refractivity contribution in [1.29, 1.82) is 0 Å². The molecule has 2 heterocycles. The van der Waals surface area contributed by atoms with Crippen LogP contribution in [0.2, 0.25) is 10.0 Å². The number of halogens is 2. The second-order valence-electron chi connectivity index (χ2n) is 4.70. The summed E-state index contributed by atoms with van der Waals surface area (Å²) < 4.78 is 4.94. The molecule has 0 aliphatic rings. The zero-order chi connectivity index (χ0) is 16.4. The molecule has 23 heavy (non-hydrogen) atoms. The first-order valence-electron chi connectivity index (χ1n) is 6.55. The molecule has 8 heteroatoms. The number of hydrogen-bond acceptors (Lipinski definition) is 5. The van der Waals surface area contributed by atoms with Crippen LogP contribution in [0.3, 0.4) is 0 Å². The SMILES string of the molecule is Cc1cc(NC(=O)c2cc(-c3ccc(Cl)c(Cl)c3)ncn2)on1. The molecule has 0 spiro atoms. The molecule has 1 amide bonds. The Hall–Kier alpha value is -2.44. The number of rotatable bonds is 3. The lowest BCUT2D eigenvalue weighted by Crippen LogP contribution is -2.13. The van der Waals surface area contributed by atoms with E-state index in [-0.39, 0.29) is 11.6 Å². The van der Waals surface area contributed by atoms with E-state index in [1.54, 1.807) is 37.3 Å². The zero-order valence-corrected chi connectivity index (χ0v) is 13.4. The standard InChI is InChI=1S/C15H10Cl2N4O2/c1-8-4-14(23-21-8)20-15(22)13-6-12(18-7-19-13)9-2-3-10(16)11(17)5-9/h2-7H,1H3,(H,20,22). The Bertz CT molecular complexity index is 879. The van der Waals surface area contributed by atoms with Gasteiger partial charge in [0.25, 0.3) is 5.91 Å². The van der Waals surface area contributed by atoms with Crippen molar-refractivity contribution < 1.29 is 9.32 Å². The number of carbonyl (C=O) groups excluding carboxylic acids is 1. The summed E-state index contributed by atoms with van der Waals surface area (Å²) in [5, 5.41) is 7.13. The smallest absolute Gasteiger partial charge is 0.276 e. The third-order valence-corrected chi connectivity index (χ3v) is 3.72. The predicted octanol–water partition coefficient (Wildman–Crippen LogP) is 4.00. The van der Waals surface area contributed by atoms with Crippen molar-refractivity contribution in [1.82, 2.24) is 15.1 Å². The minimum atomic E-state index is -0.426. The van der Waals surface area contributed by atoms with Gasteiger partial charge in [-0.1, -0.05) is 34.4 Å². The van der Waals surface area contributed by atoms with Crippen molar-refractivity contribution in [3.05, 3.63) is 58.1 Å². The topological polar surface area (TPSA) is 80.9 Å². The van der Waals surface area contributed by atoms with E-state index in [4.69, 9.17) is 27.7 Å². The molecule has 0 aliphatic carbocycles. The van der Waals surface area contributed by atoms with E-state index in [2.05, 4.69) is 20.4 Å². The van der Waals surface area contributed by atoms with E-state index in [1.165, 1.54) is 6.33 Å². The molecule has 6 nitrogen and oxygen atoms in total. The number of carbonyl (C=O) groups is 1. The number of nitrogens with zero attached hydrogens (tertiary/aromatic N) is 3. The van der Waals surface area contributed by atoms with Gasteiger partial charge in [0.15, 0.2) is 0 Å². The van der Waals surface area contributed by atoms with Gasteiger partial charge in [0.2, 0.25) is 5.88 Å². The molecule has 1 N–H and O–H groups in total. The summed E-state index contributed by atoms with van der Waals surface area (Å²) in [7, 11) is 0. The molecular formula is C15H10Cl2N4O2. The molecule has 0 radical (unpaired) electrons. The Kier molecular flexibility index (Phi) is 4.27. The van der Waals surface area contributed by atoms with E-state index in [0.29, 0.717) is 21.4 Å².